The second kappa shape index (κ2) is 13.0. The molecule has 0 bridgehead atoms. The fourth-order valence-corrected chi connectivity index (χ4v) is 11.1. The maximum atomic E-state index is 10.0. The smallest absolute Gasteiger partial charge is 0.119 e. The van der Waals surface area contributed by atoms with Gasteiger partial charge in [0.15, 0.2) is 0 Å². The van der Waals surface area contributed by atoms with Crippen LogP contribution in [0.3, 0.4) is 0 Å². The molecule has 0 spiro atoms. The predicted octanol–water partition coefficient (Wildman–Crippen LogP) is 9.87. The third-order valence-electron chi connectivity index (χ3n) is 13.9. The van der Waals surface area contributed by atoms with E-state index in [-0.39, 0.29) is 6.10 Å². The lowest BCUT2D eigenvalue weighted by molar-refractivity contribution is -0.282. The molecule has 5 nitrogen and oxygen atoms in total. The molecule has 0 amide bonds. The van der Waals surface area contributed by atoms with Crippen molar-refractivity contribution in [2.24, 2.45) is 58.2 Å². The van der Waals surface area contributed by atoms with Gasteiger partial charge in [0.2, 0.25) is 0 Å². The van der Waals surface area contributed by atoms with E-state index in [0.29, 0.717) is 34.7 Å². The van der Waals surface area contributed by atoms with Crippen molar-refractivity contribution in [3.8, 4) is 5.75 Å². The molecule has 4 aliphatic carbocycles. The first kappa shape index (κ1) is 32.4. The molecule has 10 atom stereocenters. The van der Waals surface area contributed by atoms with Crippen molar-refractivity contribution in [3.05, 3.63) is 59.7 Å². The average molecular weight is 615 g/mol. The second-order valence-electron chi connectivity index (χ2n) is 16.3. The number of nitrogen functional groups attached to an aromatic ring is 2. The summed E-state index contributed by atoms with van der Waals surface area (Å²) in [5.41, 5.74) is 16.1. The molecule has 0 heterocycles. The highest BCUT2D eigenvalue weighted by Gasteiger charge is 2.61. The fraction of sp³-hybridized carbons (Fsp3) is 0.650. The third-order valence-corrected chi connectivity index (χ3v) is 13.9. The number of hydrogen-bond donors (Lipinski definition) is 3. The zero-order valence-electron chi connectivity index (χ0n) is 28.4. The number of hydrogen-bond acceptors (Lipinski definition) is 5. The Kier molecular flexibility index (Phi) is 9.34. The number of ether oxygens (including phenoxy) is 1. The summed E-state index contributed by atoms with van der Waals surface area (Å²) in [5, 5.41) is 10.0. The Morgan fingerprint density at radius 3 is 2.24 bits per heavy atom. The van der Waals surface area contributed by atoms with Crippen LogP contribution in [0.4, 0.5) is 11.4 Å². The topological polar surface area (TPSA) is 90.7 Å². The van der Waals surface area contributed by atoms with E-state index < -0.39 is 0 Å². The molecule has 5 N–H and O–H groups in total. The standard InChI is InChI=1S/C40H58N2O3/c1-25(2)26(3)35-13-14-36-34-12-9-30-22-29(16-18-39(30,4)37(34)17-19-40(35,36)5)38(45-43)15-8-27-6-10-33(11-7-27)44-24-28-20-31(41)23-32(42)21-28/h6-8,10-11,15,20-21,23,25-26,29-30,34-38,43H,9,12-14,16-19,22,24,41-42H2,1-5H3/b15-8+. The zero-order valence-corrected chi connectivity index (χ0v) is 28.4. The lowest BCUT2D eigenvalue weighted by Crippen LogP contribution is -2.54. The van der Waals surface area contributed by atoms with Crippen molar-refractivity contribution in [1.29, 1.82) is 0 Å². The van der Waals surface area contributed by atoms with Crippen LogP contribution in [0.2, 0.25) is 0 Å². The number of nitrogens with two attached hydrogens (primary N) is 2. The summed E-state index contributed by atoms with van der Waals surface area (Å²) in [6.45, 7) is 13.1. The second-order valence-corrected chi connectivity index (χ2v) is 16.3. The Morgan fingerprint density at radius 2 is 1.56 bits per heavy atom. The van der Waals surface area contributed by atoms with Gasteiger partial charge in [-0.05, 0) is 157 Å². The van der Waals surface area contributed by atoms with Crippen LogP contribution < -0.4 is 16.2 Å². The first-order valence-corrected chi connectivity index (χ1v) is 17.9. The van der Waals surface area contributed by atoms with Crippen LogP contribution >= 0.6 is 0 Å². The maximum Gasteiger partial charge on any atom is 0.119 e. The van der Waals surface area contributed by atoms with E-state index >= 15 is 0 Å². The van der Waals surface area contributed by atoms with Gasteiger partial charge in [0.05, 0.1) is 0 Å². The summed E-state index contributed by atoms with van der Waals surface area (Å²) in [5.74, 6) is 7.07. The van der Waals surface area contributed by atoms with E-state index in [1.54, 1.807) is 6.07 Å². The molecule has 2 aromatic rings. The number of anilines is 2. The molecule has 0 saturated heterocycles. The summed E-state index contributed by atoms with van der Waals surface area (Å²) in [6.07, 6.45) is 15.9. The summed E-state index contributed by atoms with van der Waals surface area (Å²) >= 11 is 0. The minimum atomic E-state index is -0.278. The molecule has 4 fully saturated rings. The molecule has 45 heavy (non-hydrogen) atoms. The van der Waals surface area contributed by atoms with E-state index in [4.69, 9.17) is 21.1 Å². The molecule has 246 valence electrons. The van der Waals surface area contributed by atoms with Gasteiger partial charge in [-0.3, -0.25) is 5.26 Å². The molecular formula is C40H58N2O3. The number of fused-ring (bicyclic) bond motifs is 5. The highest BCUT2D eigenvalue weighted by Crippen LogP contribution is 2.69. The molecule has 4 saturated carbocycles. The van der Waals surface area contributed by atoms with Crippen molar-refractivity contribution < 1.29 is 14.9 Å². The van der Waals surface area contributed by atoms with Gasteiger partial charge in [0.1, 0.15) is 18.5 Å². The summed E-state index contributed by atoms with van der Waals surface area (Å²) in [6, 6.07) is 13.5. The number of benzene rings is 2. The monoisotopic (exact) mass is 614 g/mol. The molecular weight excluding hydrogens is 556 g/mol. The lowest BCUT2D eigenvalue weighted by atomic mass is 9.43. The van der Waals surface area contributed by atoms with Crippen molar-refractivity contribution in [2.75, 3.05) is 11.5 Å². The molecule has 0 aliphatic heterocycles. The van der Waals surface area contributed by atoms with Crippen LogP contribution in [0.5, 0.6) is 5.75 Å². The van der Waals surface area contributed by atoms with E-state index in [9.17, 15) is 5.26 Å². The molecule has 6 rings (SSSR count). The predicted molar refractivity (Wildman–Crippen MR) is 185 cm³/mol. The van der Waals surface area contributed by atoms with Gasteiger partial charge in [0.25, 0.3) is 0 Å². The summed E-state index contributed by atoms with van der Waals surface area (Å²) in [4.78, 5) is 5.15. The van der Waals surface area contributed by atoms with Gasteiger partial charge < -0.3 is 16.2 Å². The lowest BCUT2D eigenvalue weighted by Gasteiger charge is -2.61. The minimum absolute atomic E-state index is 0.278. The van der Waals surface area contributed by atoms with Gasteiger partial charge >= 0.3 is 0 Å². The molecule has 5 heteroatoms. The van der Waals surface area contributed by atoms with Gasteiger partial charge in [-0.1, -0.05) is 58.9 Å². The Bertz CT molecular complexity index is 1320. The Labute approximate surface area is 272 Å². The van der Waals surface area contributed by atoms with Gasteiger partial charge in [-0.15, -0.1) is 0 Å². The van der Waals surface area contributed by atoms with E-state index in [0.717, 1.165) is 71.1 Å². The van der Waals surface area contributed by atoms with Crippen LogP contribution in [0.25, 0.3) is 6.08 Å². The van der Waals surface area contributed by atoms with E-state index in [2.05, 4.69) is 46.8 Å². The minimum Gasteiger partial charge on any atom is -0.489 e. The highest BCUT2D eigenvalue weighted by molar-refractivity contribution is 5.54. The first-order valence-electron chi connectivity index (χ1n) is 17.9. The molecule has 2 aromatic carbocycles. The zero-order chi connectivity index (χ0) is 31.9. The van der Waals surface area contributed by atoms with Crippen LogP contribution in [-0.4, -0.2) is 11.4 Å². The quantitative estimate of drug-likeness (QED) is 0.149. The first-order chi connectivity index (χ1) is 21.5. The van der Waals surface area contributed by atoms with Crippen LogP contribution in [0.1, 0.15) is 104 Å². The SMILES string of the molecule is CC(C)C(C)C1CCC2C3CCC4CC(C(/C=C/c5ccc(OCc6cc(N)cc(N)c6)cc5)OO)CCC4(C)C3CCC12C. The average Bonchev–Trinajstić information content (AvgIpc) is 3.37. The fourth-order valence-electron chi connectivity index (χ4n) is 11.1. The normalized spacial score (nSPS) is 35.9. The van der Waals surface area contributed by atoms with E-state index in [1.807, 2.05) is 36.4 Å². The van der Waals surface area contributed by atoms with Crippen molar-refractivity contribution in [2.45, 2.75) is 105 Å². The Hall–Kier alpha value is -2.50. The van der Waals surface area contributed by atoms with Crippen LogP contribution in [0, 0.1) is 58.2 Å². The van der Waals surface area contributed by atoms with Gasteiger partial charge in [-0.25, -0.2) is 4.89 Å². The third kappa shape index (κ3) is 6.29. The summed E-state index contributed by atoms with van der Waals surface area (Å²) in [7, 11) is 0. The number of rotatable bonds is 9. The molecule has 10 unspecified atom stereocenters. The Balaban J connectivity index is 1.06. The van der Waals surface area contributed by atoms with Crippen molar-refractivity contribution >= 4 is 17.5 Å². The van der Waals surface area contributed by atoms with Gasteiger partial charge in [0, 0.05) is 11.4 Å². The van der Waals surface area contributed by atoms with Crippen LogP contribution in [0.15, 0.2) is 48.5 Å². The van der Waals surface area contributed by atoms with Gasteiger partial charge in [-0.2, -0.15) is 0 Å². The summed E-state index contributed by atoms with van der Waals surface area (Å²) < 4.78 is 5.95. The largest absolute Gasteiger partial charge is 0.489 e. The van der Waals surface area contributed by atoms with Crippen molar-refractivity contribution in [3.63, 3.8) is 0 Å². The Morgan fingerprint density at radius 1 is 0.867 bits per heavy atom. The molecule has 4 aliphatic rings. The molecule has 0 aromatic heterocycles. The molecule has 0 radical (unpaired) electrons. The van der Waals surface area contributed by atoms with E-state index in [1.165, 1.54) is 44.9 Å². The van der Waals surface area contributed by atoms with Crippen LogP contribution in [-0.2, 0) is 11.5 Å². The van der Waals surface area contributed by atoms with Crippen molar-refractivity contribution in [1.82, 2.24) is 0 Å². The maximum absolute atomic E-state index is 10.0. The highest BCUT2D eigenvalue weighted by atomic mass is 17.1.